The molecule has 0 unspecified atom stereocenters. The van der Waals surface area contributed by atoms with Crippen LogP contribution in [0.4, 0.5) is 0 Å². The molecule has 0 fully saturated rings. The van der Waals surface area contributed by atoms with E-state index in [1.165, 1.54) is 0 Å². The molecule has 0 aliphatic rings. The van der Waals surface area contributed by atoms with Crippen LogP contribution < -0.4 is 4.72 Å². The molecule has 0 heterocycles. The van der Waals surface area contributed by atoms with E-state index in [-0.39, 0.29) is 11.8 Å². The molecule has 0 saturated heterocycles. The summed E-state index contributed by atoms with van der Waals surface area (Å²) in [5, 5.41) is 0.478. The van der Waals surface area contributed by atoms with Gasteiger partial charge in [0.2, 0.25) is 10.0 Å². The van der Waals surface area contributed by atoms with E-state index >= 15 is 0 Å². The molecule has 0 aliphatic heterocycles. The molecule has 0 atom stereocenters. The van der Waals surface area contributed by atoms with Gasteiger partial charge in [0.05, 0.1) is 5.75 Å². The number of hydrogen-bond donors (Lipinski definition) is 1. The molecule has 1 rings (SSSR count). The molecule has 1 N–H and O–H groups in total. The van der Waals surface area contributed by atoms with Gasteiger partial charge in [0.15, 0.2) is 0 Å². The standard InChI is InChI=1S/C10H14ClNO2S/c1-8(2)12-15(13,14)7-9-5-3-4-6-10(9)11/h3-6,8,12H,7H2,1-2H3. The fourth-order valence-corrected chi connectivity index (χ4v) is 2.97. The van der Waals surface area contributed by atoms with E-state index < -0.39 is 10.0 Å². The lowest BCUT2D eigenvalue weighted by Crippen LogP contribution is -2.31. The summed E-state index contributed by atoms with van der Waals surface area (Å²) in [6.07, 6.45) is 0. The summed E-state index contributed by atoms with van der Waals surface area (Å²) in [5.41, 5.74) is 0.618. The van der Waals surface area contributed by atoms with Gasteiger partial charge in [-0.15, -0.1) is 0 Å². The molecule has 0 radical (unpaired) electrons. The van der Waals surface area contributed by atoms with Crippen molar-refractivity contribution in [2.45, 2.75) is 25.6 Å². The molecule has 84 valence electrons. The van der Waals surface area contributed by atoms with Crippen molar-refractivity contribution in [3.8, 4) is 0 Å². The van der Waals surface area contributed by atoms with Crippen molar-refractivity contribution in [1.82, 2.24) is 4.72 Å². The van der Waals surface area contributed by atoms with E-state index in [4.69, 9.17) is 11.6 Å². The third kappa shape index (κ3) is 4.20. The zero-order chi connectivity index (χ0) is 11.5. The normalized spacial score (nSPS) is 12.0. The lowest BCUT2D eigenvalue weighted by molar-refractivity contribution is 0.569. The monoisotopic (exact) mass is 247 g/mol. The highest BCUT2D eigenvalue weighted by Crippen LogP contribution is 2.17. The quantitative estimate of drug-likeness (QED) is 0.887. The number of halogens is 1. The number of sulfonamides is 1. The molecule has 1 aromatic carbocycles. The molecular formula is C10H14ClNO2S. The van der Waals surface area contributed by atoms with Crippen LogP contribution in [-0.2, 0) is 15.8 Å². The summed E-state index contributed by atoms with van der Waals surface area (Å²) in [5.74, 6) is -0.0785. The zero-order valence-corrected chi connectivity index (χ0v) is 10.3. The molecule has 0 aromatic heterocycles. The van der Waals surface area contributed by atoms with Crippen molar-refractivity contribution >= 4 is 21.6 Å². The van der Waals surface area contributed by atoms with Crippen molar-refractivity contribution < 1.29 is 8.42 Å². The van der Waals surface area contributed by atoms with Gasteiger partial charge in [0, 0.05) is 11.1 Å². The van der Waals surface area contributed by atoms with Crippen LogP contribution in [-0.4, -0.2) is 14.5 Å². The van der Waals surface area contributed by atoms with Gasteiger partial charge in [0.25, 0.3) is 0 Å². The Kier molecular flexibility index (Phi) is 4.13. The average molecular weight is 248 g/mol. The first-order valence-corrected chi connectivity index (χ1v) is 6.67. The third-order valence-electron chi connectivity index (χ3n) is 1.72. The Morgan fingerprint density at radius 2 is 1.93 bits per heavy atom. The number of rotatable bonds is 4. The topological polar surface area (TPSA) is 46.2 Å². The molecule has 0 saturated carbocycles. The summed E-state index contributed by atoms with van der Waals surface area (Å²) in [6, 6.07) is 6.84. The Balaban J connectivity index is 2.83. The Hall–Kier alpha value is -0.580. The van der Waals surface area contributed by atoms with Crippen LogP contribution >= 0.6 is 11.6 Å². The molecule has 0 amide bonds. The van der Waals surface area contributed by atoms with Gasteiger partial charge in [-0.05, 0) is 25.5 Å². The van der Waals surface area contributed by atoms with Gasteiger partial charge in [-0.2, -0.15) is 0 Å². The molecule has 0 aliphatic carbocycles. The van der Waals surface area contributed by atoms with Gasteiger partial charge in [-0.1, -0.05) is 29.8 Å². The summed E-state index contributed by atoms with van der Waals surface area (Å²) in [6.45, 7) is 3.56. The SMILES string of the molecule is CC(C)NS(=O)(=O)Cc1ccccc1Cl. The maximum Gasteiger partial charge on any atom is 0.216 e. The number of hydrogen-bond acceptors (Lipinski definition) is 2. The highest BCUT2D eigenvalue weighted by Gasteiger charge is 2.14. The van der Waals surface area contributed by atoms with Crippen molar-refractivity contribution in [2.75, 3.05) is 0 Å². The van der Waals surface area contributed by atoms with Crippen LogP contribution in [0.15, 0.2) is 24.3 Å². The van der Waals surface area contributed by atoms with Gasteiger partial charge >= 0.3 is 0 Å². The maximum atomic E-state index is 11.6. The predicted molar refractivity (Wildman–Crippen MR) is 62.3 cm³/mol. The first-order chi connectivity index (χ1) is 6.91. The smallest absolute Gasteiger partial charge is 0.212 e. The average Bonchev–Trinajstić information content (AvgIpc) is 2.06. The van der Waals surface area contributed by atoms with Crippen LogP contribution in [0.25, 0.3) is 0 Å². The Labute approximate surface area is 95.5 Å². The Morgan fingerprint density at radius 3 is 2.47 bits per heavy atom. The van der Waals surface area contributed by atoms with Crippen LogP contribution in [0, 0.1) is 0 Å². The fraction of sp³-hybridized carbons (Fsp3) is 0.400. The Morgan fingerprint density at radius 1 is 1.33 bits per heavy atom. The van der Waals surface area contributed by atoms with Crippen molar-refractivity contribution in [2.24, 2.45) is 0 Å². The second-order valence-electron chi connectivity index (χ2n) is 3.62. The van der Waals surface area contributed by atoms with E-state index in [1.807, 2.05) is 0 Å². The van der Waals surface area contributed by atoms with Gasteiger partial charge in [-0.3, -0.25) is 0 Å². The van der Waals surface area contributed by atoms with Crippen molar-refractivity contribution in [1.29, 1.82) is 0 Å². The molecule has 5 heteroatoms. The molecule has 0 bridgehead atoms. The fourth-order valence-electron chi connectivity index (χ4n) is 1.22. The molecule has 15 heavy (non-hydrogen) atoms. The van der Waals surface area contributed by atoms with E-state index in [0.29, 0.717) is 10.6 Å². The van der Waals surface area contributed by atoms with E-state index in [1.54, 1.807) is 38.1 Å². The van der Waals surface area contributed by atoms with Gasteiger partial charge in [0.1, 0.15) is 0 Å². The molecule has 0 spiro atoms. The minimum absolute atomic E-state index is 0.0785. The van der Waals surface area contributed by atoms with Crippen molar-refractivity contribution in [3.05, 3.63) is 34.9 Å². The van der Waals surface area contributed by atoms with Crippen LogP contribution in [0.1, 0.15) is 19.4 Å². The van der Waals surface area contributed by atoms with Crippen LogP contribution in [0.3, 0.4) is 0 Å². The van der Waals surface area contributed by atoms with Gasteiger partial charge < -0.3 is 0 Å². The first-order valence-electron chi connectivity index (χ1n) is 4.64. The third-order valence-corrected chi connectivity index (χ3v) is 3.61. The van der Waals surface area contributed by atoms with Crippen molar-refractivity contribution in [3.63, 3.8) is 0 Å². The molecular weight excluding hydrogens is 234 g/mol. The lowest BCUT2D eigenvalue weighted by Gasteiger charge is -2.10. The predicted octanol–water partition coefficient (Wildman–Crippen LogP) is 2.17. The van der Waals surface area contributed by atoms with E-state index in [9.17, 15) is 8.42 Å². The summed E-state index contributed by atoms with van der Waals surface area (Å²) < 4.78 is 25.7. The highest BCUT2D eigenvalue weighted by atomic mass is 35.5. The van der Waals surface area contributed by atoms with Gasteiger partial charge in [-0.25, -0.2) is 13.1 Å². The minimum Gasteiger partial charge on any atom is -0.212 e. The lowest BCUT2D eigenvalue weighted by atomic mass is 10.2. The number of benzene rings is 1. The summed E-state index contributed by atoms with van der Waals surface area (Å²) >= 11 is 5.87. The first kappa shape index (κ1) is 12.5. The molecule has 1 aromatic rings. The second kappa shape index (κ2) is 4.96. The zero-order valence-electron chi connectivity index (χ0n) is 8.70. The Bertz CT molecular complexity index is 429. The second-order valence-corrected chi connectivity index (χ2v) is 5.78. The minimum atomic E-state index is -3.29. The largest absolute Gasteiger partial charge is 0.216 e. The van der Waals surface area contributed by atoms with E-state index in [0.717, 1.165) is 0 Å². The maximum absolute atomic E-state index is 11.6. The summed E-state index contributed by atoms with van der Waals surface area (Å²) in [7, 11) is -3.29. The summed E-state index contributed by atoms with van der Waals surface area (Å²) in [4.78, 5) is 0. The van der Waals surface area contributed by atoms with Crippen LogP contribution in [0.5, 0.6) is 0 Å². The molecule has 3 nitrogen and oxygen atoms in total. The highest BCUT2D eigenvalue weighted by molar-refractivity contribution is 7.88. The van der Waals surface area contributed by atoms with Crippen LogP contribution in [0.2, 0.25) is 5.02 Å². The number of nitrogens with one attached hydrogen (secondary N) is 1. The van der Waals surface area contributed by atoms with E-state index in [2.05, 4.69) is 4.72 Å².